The molecule has 6 nitrogen and oxygen atoms in total. The van der Waals surface area contributed by atoms with Gasteiger partial charge in [-0.2, -0.15) is 10.2 Å². The molecule has 2 heterocycles. The van der Waals surface area contributed by atoms with Crippen LogP contribution in [0.3, 0.4) is 0 Å². The van der Waals surface area contributed by atoms with Crippen LogP contribution in [0.25, 0.3) is 5.69 Å². The summed E-state index contributed by atoms with van der Waals surface area (Å²) in [6, 6.07) is 9.97. The molecule has 1 aromatic carbocycles. The van der Waals surface area contributed by atoms with Gasteiger partial charge < -0.3 is 4.90 Å². The maximum Gasteiger partial charge on any atom is 0.274 e. The maximum atomic E-state index is 12.9. The summed E-state index contributed by atoms with van der Waals surface area (Å²) in [5.41, 5.74) is 4.86. The Morgan fingerprint density at radius 3 is 3.08 bits per heavy atom. The van der Waals surface area contributed by atoms with Gasteiger partial charge in [0, 0.05) is 37.2 Å². The minimum Gasteiger partial charge on any atom is -0.336 e. The van der Waals surface area contributed by atoms with Crippen molar-refractivity contribution in [3.8, 4) is 5.69 Å². The largest absolute Gasteiger partial charge is 0.336 e. The topological polar surface area (TPSA) is 66.8 Å². The van der Waals surface area contributed by atoms with Crippen molar-refractivity contribution < 1.29 is 4.79 Å². The number of hydrogen-bond donors (Lipinski definition) is 1. The molecule has 0 fully saturated rings. The van der Waals surface area contributed by atoms with E-state index in [2.05, 4.69) is 28.3 Å². The Bertz CT molecular complexity index is 912. The fraction of sp³-hybridized carbons (Fsp3) is 0.350. The Morgan fingerprint density at radius 2 is 2.27 bits per heavy atom. The highest BCUT2D eigenvalue weighted by Gasteiger charge is 2.26. The van der Waals surface area contributed by atoms with E-state index in [0.29, 0.717) is 18.2 Å². The maximum absolute atomic E-state index is 12.9. The first-order chi connectivity index (χ1) is 12.6. The molecule has 0 aliphatic heterocycles. The molecule has 0 radical (unpaired) electrons. The third kappa shape index (κ3) is 3.14. The van der Waals surface area contributed by atoms with Crippen molar-refractivity contribution in [2.75, 3.05) is 7.05 Å². The predicted octanol–water partition coefficient (Wildman–Crippen LogP) is 2.99. The first-order valence-corrected chi connectivity index (χ1v) is 9.02. The lowest BCUT2D eigenvalue weighted by Gasteiger charge is -2.20. The number of aromatic amines is 1. The smallest absolute Gasteiger partial charge is 0.274 e. The fourth-order valence-corrected chi connectivity index (χ4v) is 3.59. The zero-order valence-electron chi connectivity index (χ0n) is 15.1. The molecule has 0 unspecified atom stereocenters. The number of carbonyl (C=O) groups excluding carboxylic acids is 1. The van der Waals surface area contributed by atoms with Crippen molar-refractivity contribution in [3.63, 3.8) is 0 Å². The molecule has 1 aliphatic carbocycles. The summed E-state index contributed by atoms with van der Waals surface area (Å²) in [5, 5.41) is 11.6. The van der Waals surface area contributed by atoms with Crippen LogP contribution in [0.1, 0.15) is 40.7 Å². The Labute approximate surface area is 152 Å². The van der Waals surface area contributed by atoms with Crippen LogP contribution in [0.5, 0.6) is 0 Å². The molecule has 0 bridgehead atoms. The summed E-state index contributed by atoms with van der Waals surface area (Å²) in [7, 11) is 1.83. The average molecular weight is 349 g/mol. The average Bonchev–Trinajstić information content (AvgIpc) is 3.31. The van der Waals surface area contributed by atoms with Crippen molar-refractivity contribution in [2.45, 2.75) is 32.7 Å². The second kappa shape index (κ2) is 6.78. The van der Waals surface area contributed by atoms with Crippen LogP contribution in [0.4, 0.5) is 0 Å². The van der Waals surface area contributed by atoms with Gasteiger partial charge in [-0.05, 0) is 48.9 Å². The van der Waals surface area contributed by atoms with Gasteiger partial charge in [-0.25, -0.2) is 4.68 Å². The lowest BCUT2D eigenvalue weighted by Crippen LogP contribution is -2.28. The number of rotatable bonds is 4. The third-order valence-electron chi connectivity index (χ3n) is 5.04. The molecule has 2 aromatic heterocycles. The molecule has 3 aromatic rings. The minimum absolute atomic E-state index is 0.0268. The van der Waals surface area contributed by atoms with Gasteiger partial charge in [-0.3, -0.25) is 9.89 Å². The van der Waals surface area contributed by atoms with Crippen LogP contribution < -0.4 is 0 Å². The molecule has 134 valence electrons. The minimum atomic E-state index is -0.0268. The first-order valence-electron chi connectivity index (χ1n) is 9.02. The van der Waals surface area contributed by atoms with Gasteiger partial charge in [0.2, 0.25) is 0 Å². The van der Waals surface area contributed by atoms with E-state index in [-0.39, 0.29) is 5.91 Å². The number of hydrogen-bond acceptors (Lipinski definition) is 3. The van der Waals surface area contributed by atoms with Crippen molar-refractivity contribution in [1.82, 2.24) is 24.9 Å². The van der Waals surface area contributed by atoms with Gasteiger partial charge in [0.25, 0.3) is 5.91 Å². The summed E-state index contributed by atoms with van der Waals surface area (Å²) < 4.78 is 1.82. The highest BCUT2D eigenvalue weighted by Crippen LogP contribution is 2.27. The van der Waals surface area contributed by atoms with E-state index in [1.54, 1.807) is 11.1 Å². The molecule has 0 saturated heterocycles. The molecular formula is C20H23N5O. The lowest BCUT2D eigenvalue weighted by molar-refractivity contribution is 0.0778. The quantitative estimate of drug-likeness (QED) is 0.787. The van der Waals surface area contributed by atoms with Crippen LogP contribution >= 0.6 is 0 Å². The Morgan fingerprint density at radius 1 is 1.38 bits per heavy atom. The van der Waals surface area contributed by atoms with Crippen LogP contribution in [0, 0.1) is 5.92 Å². The van der Waals surface area contributed by atoms with Crippen molar-refractivity contribution >= 4 is 5.91 Å². The predicted molar refractivity (Wildman–Crippen MR) is 99.1 cm³/mol. The molecule has 4 rings (SSSR count). The van der Waals surface area contributed by atoms with Gasteiger partial charge in [-0.1, -0.05) is 19.1 Å². The second-order valence-corrected chi connectivity index (χ2v) is 7.16. The first kappa shape index (κ1) is 16.6. The Kier molecular flexibility index (Phi) is 4.32. The third-order valence-corrected chi connectivity index (χ3v) is 5.04. The SMILES string of the molecule is C[C@H]1CCc2[nH]nc(C(=O)N(C)Cc3cccc(-n4cccn4)c3)c2C1. The summed E-state index contributed by atoms with van der Waals surface area (Å²) in [4.78, 5) is 14.7. The van der Waals surface area contributed by atoms with E-state index < -0.39 is 0 Å². The number of carbonyl (C=O) groups is 1. The summed E-state index contributed by atoms with van der Waals surface area (Å²) in [5.74, 6) is 0.573. The fourth-order valence-electron chi connectivity index (χ4n) is 3.59. The molecule has 6 heteroatoms. The van der Waals surface area contributed by atoms with Gasteiger partial charge in [0.05, 0.1) is 5.69 Å². The van der Waals surface area contributed by atoms with Gasteiger partial charge in [0.1, 0.15) is 0 Å². The number of nitrogens with zero attached hydrogens (tertiary/aromatic N) is 4. The Balaban J connectivity index is 1.52. The van der Waals surface area contributed by atoms with E-state index in [1.165, 1.54) is 0 Å². The highest BCUT2D eigenvalue weighted by molar-refractivity contribution is 5.93. The summed E-state index contributed by atoms with van der Waals surface area (Å²) in [6.07, 6.45) is 6.72. The number of aromatic nitrogens is 4. The standard InChI is InChI=1S/C20H23N5O/c1-14-7-8-18-17(11-14)19(23-22-18)20(26)24(2)13-15-5-3-6-16(12-15)25-10-4-9-21-25/h3-6,9-10,12,14H,7-8,11,13H2,1-2H3,(H,22,23)/t14-/m0/s1. The monoisotopic (exact) mass is 349 g/mol. The van der Waals surface area contributed by atoms with Crippen molar-refractivity contribution in [1.29, 1.82) is 0 Å². The molecule has 0 saturated carbocycles. The number of amides is 1. The Hall–Kier alpha value is -2.89. The molecule has 26 heavy (non-hydrogen) atoms. The molecular weight excluding hydrogens is 326 g/mol. The van der Waals surface area contributed by atoms with Gasteiger partial charge in [0.15, 0.2) is 5.69 Å². The summed E-state index contributed by atoms with van der Waals surface area (Å²) >= 11 is 0. The number of fused-ring (bicyclic) bond motifs is 1. The van der Waals surface area contributed by atoms with Crippen molar-refractivity contribution in [3.05, 3.63) is 65.2 Å². The van der Waals surface area contributed by atoms with Gasteiger partial charge in [-0.15, -0.1) is 0 Å². The molecule has 1 aliphatic rings. The number of benzene rings is 1. The van der Waals surface area contributed by atoms with Crippen LogP contribution in [-0.2, 0) is 19.4 Å². The van der Waals surface area contributed by atoms with E-state index in [4.69, 9.17) is 0 Å². The van der Waals surface area contributed by atoms with E-state index in [1.807, 2.05) is 42.2 Å². The number of nitrogens with one attached hydrogen (secondary N) is 1. The van der Waals surface area contributed by atoms with Crippen LogP contribution in [-0.4, -0.2) is 37.8 Å². The second-order valence-electron chi connectivity index (χ2n) is 7.16. The number of aryl methyl sites for hydroxylation is 1. The van der Waals surface area contributed by atoms with E-state index in [9.17, 15) is 4.79 Å². The molecule has 1 amide bonds. The lowest BCUT2D eigenvalue weighted by atomic mass is 9.87. The normalized spacial score (nSPS) is 16.3. The highest BCUT2D eigenvalue weighted by atomic mass is 16.2. The van der Waals surface area contributed by atoms with E-state index in [0.717, 1.165) is 41.8 Å². The zero-order chi connectivity index (χ0) is 18.1. The number of H-pyrrole nitrogens is 1. The van der Waals surface area contributed by atoms with Crippen LogP contribution in [0.15, 0.2) is 42.7 Å². The molecule has 0 spiro atoms. The molecule has 1 atom stereocenters. The van der Waals surface area contributed by atoms with Crippen LogP contribution in [0.2, 0.25) is 0 Å². The van der Waals surface area contributed by atoms with Crippen molar-refractivity contribution in [2.24, 2.45) is 5.92 Å². The van der Waals surface area contributed by atoms with E-state index >= 15 is 0 Å². The molecule has 1 N–H and O–H groups in total. The zero-order valence-corrected chi connectivity index (χ0v) is 15.1. The van der Waals surface area contributed by atoms with Gasteiger partial charge >= 0.3 is 0 Å². The summed E-state index contributed by atoms with van der Waals surface area (Å²) in [6.45, 7) is 2.76.